The normalized spacial score (nSPS) is 11.4. The van der Waals surface area contributed by atoms with E-state index >= 15 is 0 Å². The average molecular weight is 416 g/mol. The van der Waals surface area contributed by atoms with Gasteiger partial charge in [-0.1, -0.05) is 35.7 Å². The molecule has 0 aromatic heterocycles. The highest BCUT2D eigenvalue weighted by atomic mass is 35.5. The van der Waals surface area contributed by atoms with Gasteiger partial charge >= 0.3 is 0 Å². The number of hydrogen-bond acceptors (Lipinski definition) is 4. The van der Waals surface area contributed by atoms with Crippen LogP contribution in [0.2, 0.25) is 5.02 Å². The van der Waals surface area contributed by atoms with Crippen molar-refractivity contribution in [3.63, 3.8) is 0 Å². The Balaban J connectivity index is 1.82. The van der Waals surface area contributed by atoms with Gasteiger partial charge < -0.3 is 19.5 Å². The fourth-order valence-corrected chi connectivity index (χ4v) is 2.98. The van der Waals surface area contributed by atoms with Gasteiger partial charge in [0.25, 0.3) is 0 Å². The van der Waals surface area contributed by atoms with Crippen LogP contribution in [0.15, 0.2) is 42.5 Å². The van der Waals surface area contributed by atoms with Gasteiger partial charge in [-0.25, -0.2) is 0 Å². The van der Waals surface area contributed by atoms with E-state index < -0.39 is 6.10 Å². The highest BCUT2D eigenvalue weighted by Gasteiger charge is 2.17. The van der Waals surface area contributed by atoms with Crippen LogP contribution in [-0.4, -0.2) is 39.4 Å². The molecule has 2 aromatic rings. The summed E-state index contributed by atoms with van der Waals surface area (Å²) >= 11 is 5.90. The van der Waals surface area contributed by atoms with Crippen LogP contribution in [0.4, 0.5) is 0 Å². The fourth-order valence-electron chi connectivity index (χ4n) is 2.85. The zero-order chi connectivity index (χ0) is 21.1. The molecule has 1 atom stereocenters. The molecule has 0 aliphatic heterocycles. The monoisotopic (exact) mass is 415 g/mol. The number of benzene rings is 2. The van der Waals surface area contributed by atoms with Crippen LogP contribution < -0.4 is 14.8 Å². The summed E-state index contributed by atoms with van der Waals surface area (Å²) in [4.78, 5) is 12.4. The molecule has 6 heteroatoms. The molecule has 0 unspecified atom stereocenters. The number of hydrogen-bond donors (Lipinski definition) is 1. The maximum absolute atomic E-state index is 12.4. The van der Waals surface area contributed by atoms with E-state index in [1.807, 2.05) is 42.5 Å². The Morgan fingerprint density at radius 2 is 1.83 bits per heavy atom. The summed E-state index contributed by atoms with van der Waals surface area (Å²) in [5, 5.41) is 3.63. The Labute approximate surface area is 177 Å². The molecule has 5 nitrogen and oxygen atoms in total. The number of halogens is 1. The van der Waals surface area contributed by atoms with Gasteiger partial charge in [0.15, 0.2) is 11.5 Å². The minimum absolute atomic E-state index is 0.123. The molecule has 29 heavy (non-hydrogen) atoms. The quantitative estimate of drug-likeness (QED) is 0.569. The molecule has 0 aliphatic carbocycles. The second kappa shape index (κ2) is 12.0. The van der Waals surface area contributed by atoms with E-state index in [0.717, 1.165) is 17.5 Å². The van der Waals surface area contributed by atoms with Gasteiger partial charge in [0, 0.05) is 18.7 Å². The Morgan fingerprint density at radius 3 is 2.48 bits per heavy atom. The lowest BCUT2D eigenvalue weighted by atomic mass is 10.1. The predicted molar refractivity (Wildman–Crippen MR) is 115 cm³/mol. The molecule has 0 radical (unpaired) electrons. The molecule has 2 rings (SSSR count). The lowest BCUT2D eigenvalue weighted by molar-refractivity contribution is -0.131. The summed E-state index contributed by atoms with van der Waals surface area (Å²) in [5.41, 5.74) is 2.13. The molecule has 0 aliphatic rings. The minimum atomic E-state index is -0.500. The standard InChI is InChI=1S/C23H26ClNO4/c1-4-15-29-20-11-8-18(16-22(20)28-3)13-14-25-23(26)21(27-2)12-7-17-5-9-19(24)10-6-17/h1,5-6,8-11,16,21H,7,12-15H2,2-3H3,(H,25,26)/t21-/m0/s1. The summed E-state index contributed by atoms with van der Waals surface area (Å²) in [6.07, 6.45) is 6.71. The number of nitrogens with one attached hydrogen (secondary N) is 1. The first kappa shape index (κ1) is 22.6. The number of rotatable bonds is 11. The maximum Gasteiger partial charge on any atom is 0.249 e. The smallest absolute Gasteiger partial charge is 0.249 e. The third-order valence-electron chi connectivity index (χ3n) is 4.44. The molecule has 1 amide bonds. The maximum atomic E-state index is 12.4. The van der Waals surface area contributed by atoms with Crippen molar-refractivity contribution in [1.82, 2.24) is 5.32 Å². The number of carbonyl (C=O) groups excluding carboxylic acids is 1. The highest BCUT2D eigenvalue weighted by Crippen LogP contribution is 2.28. The topological polar surface area (TPSA) is 56.8 Å². The van der Waals surface area contributed by atoms with E-state index in [0.29, 0.717) is 35.9 Å². The van der Waals surface area contributed by atoms with Crippen LogP contribution in [0, 0.1) is 12.3 Å². The molecule has 2 aromatic carbocycles. The zero-order valence-corrected chi connectivity index (χ0v) is 17.5. The van der Waals surface area contributed by atoms with Gasteiger partial charge in [-0.05, 0) is 54.7 Å². The molecule has 0 spiro atoms. The summed E-state index contributed by atoms with van der Waals surface area (Å²) in [6.45, 7) is 0.674. The van der Waals surface area contributed by atoms with Crippen molar-refractivity contribution >= 4 is 17.5 Å². The largest absolute Gasteiger partial charge is 0.493 e. The number of aryl methyl sites for hydroxylation is 1. The molecule has 0 saturated carbocycles. The second-order valence-corrected chi connectivity index (χ2v) is 6.84. The van der Waals surface area contributed by atoms with Gasteiger partial charge in [-0.2, -0.15) is 0 Å². The predicted octanol–water partition coefficient (Wildman–Crippen LogP) is 3.67. The van der Waals surface area contributed by atoms with E-state index in [1.54, 1.807) is 14.2 Å². The Bertz CT molecular complexity index is 830. The van der Waals surface area contributed by atoms with Crippen LogP contribution in [0.25, 0.3) is 0 Å². The lowest BCUT2D eigenvalue weighted by Gasteiger charge is -2.16. The molecule has 0 bridgehead atoms. The van der Waals surface area contributed by atoms with Crippen LogP contribution in [-0.2, 0) is 22.4 Å². The number of amides is 1. The van der Waals surface area contributed by atoms with Crippen molar-refractivity contribution in [2.75, 3.05) is 27.4 Å². The Morgan fingerprint density at radius 1 is 1.10 bits per heavy atom. The summed E-state index contributed by atoms with van der Waals surface area (Å²) in [5.74, 6) is 3.51. The number of carbonyl (C=O) groups is 1. The summed E-state index contributed by atoms with van der Waals surface area (Å²) < 4.78 is 16.1. The zero-order valence-electron chi connectivity index (χ0n) is 16.7. The second-order valence-electron chi connectivity index (χ2n) is 6.41. The van der Waals surface area contributed by atoms with Crippen LogP contribution in [0.5, 0.6) is 11.5 Å². The van der Waals surface area contributed by atoms with Gasteiger partial charge in [-0.15, -0.1) is 6.42 Å². The fraction of sp³-hybridized carbons (Fsp3) is 0.348. The number of ether oxygens (including phenoxy) is 3. The molecule has 0 heterocycles. The molecule has 0 fully saturated rings. The van der Waals surface area contributed by atoms with E-state index in [9.17, 15) is 4.79 Å². The van der Waals surface area contributed by atoms with Crippen molar-refractivity contribution in [3.05, 3.63) is 58.6 Å². The number of methoxy groups -OCH3 is 2. The summed E-state index contributed by atoms with van der Waals surface area (Å²) in [7, 11) is 3.12. The molecule has 0 saturated heterocycles. The Hall–Kier alpha value is -2.68. The first-order valence-electron chi connectivity index (χ1n) is 9.35. The van der Waals surface area contributed by atoms with Crippen LogP contribution in [0.1, 0.15) is 17.5 Å². The van der Waals surface area contributed by atoms with Crippen molar-refractivity contribution in [3.8, 4) is 23.8 Å². The van der Waals surface area contributed by atoms with Crippen molar-refractivity contribution in [1.29, 1.82) is 0 Å². The van der Waals surface area contributed by atoms with Crippen molar-refractivity contribution in [2.24, 2.45) is 0 Å². The highest BCUT2D eigenvalue weighted by molar-refractivity contribution is 6.30. The van der Waals surface area contributed by atoms with Crippen LogP contribution in [0.3, 0.4) is 0 Å². The minimum Gasteiger partial charge on any atom is -0.493 e. The first-order valence-corrected chi connectivity index (χ1v) is 9.73. The van der Waals surface area contributed by atoms with Crippen molar-refractivity contribution in [2.45, 2.75) is 25.4 Å². The van der Waals surface area contributed by atoms with Gasteiger partial charge in [-0.3, -0.25) is 4.79 Å². The van der Waals surface area contributed by atoms with E-state index in [2.05, 4.69) is 11.2 Å². The number of terminal acetylenes is 1. The van der Waals surface area contributed by atoms with E-state index in [-0.39, 0.29) is 12.5 Å². The van der Waals surface area contributed by atoms with E-state index in [4.69, 9.17) is 32.2 Å². The van der Waals surface area contributed by atoms with Gasteiger partial charge in [0.2, 0.25) is 5.91 Å². The van der Waals surface area contributed by atoms with Gasteiger partial charge in [0.05, 0.1) is 7.11 Å². The van der Waals surface area contributed by atoms with E-state index in [1.165, 1.54) is 0 Å². The third kappa shape index (κ3) is 7.34. The SMILES string of the molecule is C#CCOc1ccc(CCNC(=O)[C@H](CCc2ccc(Cl)cc2)OC)cc1OC. The Kier molecular flexibility index (Phi) is 9.36. The molecular weight excluding hydrogens is 390 g/mol. The molecule has 1 N–H and O–H groups in total. The van der Waals surface area contributed by atoms with Crippen LogP contribution >= 0.6 is 11.6 Å². The summed E-state index contributed by atoms with van der Waals surface area (Å²) in [6, 6.07) is 13.2. The molecule has 154 valence electrons. The van der Waals surface area contributed by atoms with Crippen molar-refractivity contribution < 1.29 is 19.0 Å². The lowest BCUT2D eigenvalue weighted by Crippen LogP contribution is -2.37. The van der Waals surface area contributed by atoms with Gasteiger partial charge in [0.1, 0.15) is 12.7 Å². The third-order valence-corrected chi connectivity index (χ3v) is 4.69. The molecular formula is C23H26ClNO4. The first-order chi connectivity index (χ1) is 14.1. The average Bonchev–Trinajstić information content (AvgIpc) is 2.74.